The van der Waals surface area contributed by atoms with Crippen molar-refractivity contribution in [2.75, 3.05) is 11.6 Å². The maximum atomic E-state index is 11.4. The summed E-state index contributed by atoms with van der Waals surface area (Å²) in [5.41, 5.74) is 5.30. The van der Waals surface area contributed by atoms with Crippen molar-refractivity contribution in [2.24, 2.45) is 5.73 Å². The fourth-order valence-electron chi connectivity index (χ4n) is 1.03. The number of nitrogens with two attached hydrogens (primary N) is 1. The van der Waals surface area contributed by atoms with E-state index in [4.69, 9.17) is 10.8 Å². The summed E-state index contributed by atoms with van der Waals surface area (Å²) in [4.78, 5) is 11.4. The molecule has 6 heteroatoms. The Labute approximate surface area is 92.6 Å². The van der Waals surface area contributed by atoms with Crippen LogP contribution in [0.15, 0.2) is 42.4 Å². The molecule has 0 saturated carbocycles. The molecule has 0 spiro atoms. The Morgan fingerprint density at radius 2 is 2.06 bits per heavy atom. The predicted octanol–water partition coefficient (Wildman–Crippen LogP) is 0.314. The van der Waals surface area contributed by atoms with Crippen molar-refractivity contribution < 1.29 is 15.1 Å². The standard InChI is InChI=1S/C10H13N3O3/c11-9(14)6-12-7-10(15)13(16)8-4-2-1-3-5-8/h1-6,12,14,16H,7,11H2/b9-6+. The molecular weight excluding hydrogens is 210 g/mol. The minimum Gasteiger partial charge on any atom is -0.494 e. The van der Waals surface area contributed by atoms with Crippen molar-refractivity contribution in [1.29, 1.82) is 0 Å². The second-order valence-corrected chi connectivity index (χ2v) is 2.99. The highest BCUT2D eigenvalue weighted by atomic mass is 16.5. The molecule has 1 aromatic rings. The molecule has 0 radical (unpaired) electrons. The fourth-order valence-corrected chi connectivity index (χ4v) is 1.03. The van der Waals surface area contributed by atoms with Gasteiger partial charge < -0.3 is 16.2 Å². The van der Waals surface area contributed by atoms with E-state index in [0.717, 1.165) is 6.20 Å². The number of aliphatic hydroxyl groups is 1. The third-order valence-corrected chi connectivity index (χ3v) is 1.74. The van der Waals surface area contributed by atoms with E-state index in [9.17, 15) is 10.0 Å². The summed E-state index contributed by atoms with van der Waals surface area (Å²) in [6.07, 6.45) is 1.07. The van der Waals surface area contributed by atoms with Gasteiger partial charge in [-0.2, -0.15) is 5.06 Å². The summed E-state index contributed by atoms with van der Waals surface area (Å²) in [6.45, 7) is -0.174. The van der Waals surface area contributed by atoms with Gasteiger partial charge >= 0.3 is 0 Å². The van der Waals surface area contributed by atoms with Crippen LogP contribution in [-0.2, 0) is 4.79 Å². The lowest BCUT2D eigenvalue weighted by Crippen LogP contribution is -2.34. The summed E-state index contributed by atoms with van der Waals surface area (Å²) in [5.74, 6) is -0.999. The van der Waals surface area contributed by atoms with E-state index in [1.54, 1.807) is 30.3 Å². The van der Waals surface area contributed by atoms with Crippen LogP contribution in [0.4, 0.5) is 5.69 Å². The largest absolute Gasteiger partial charge is 0.494 e. The molecule has 0 atom stereocenters. The average molecular weight is 223 g/mol. The highest BCUT2D eigenvalue weighted by Gasteiger charge is 2.11. The molecule has 16 heavy (non-hydrogen) atoms. The number of amides is 1. The smallest absolute Gasteiger partial charge is 0.269 e. The molecule has 0 unspecified atom stereocenters. The monoisotopic (exact) mass is 223 g/mol. The molecule has 0 heterocycles. The highest BCUT2D eigenvalue weighted by molar-refractivity contribution is 5.92. The molecule has 0 aliphatic carbocycles. The number of aliphatic hydroxyl groups excluding tert-OH is 1. The Balaban J connectivity index is 2.52. The normalized spacial score (nSPS) is 10.9. The van der Waals surface area contributed by atoms with E-state index in [2.05, 4.69) is 5.32 Å². The van der Waals surface area contributed by atoms with Crippen LogP contribution in [0.1, 0.15) is 0 Å². The first kappa shape index (κ1) is 11.9. The summed E-state index contributed by atoms with van der Waals surface area (Å²) < 4.78 is 0. The predicted molar refractivity (Wildman–Crippen MR) is 58.6 cm³/mol. The Bertz CT molecular complexity index is 374. The number of hydrogen-bond donors (Lipinski definition) is 4. The quantitative estimate of drug-likeness (QED) is 0.334. The zero-order valence-corrected chi connectivity index (χ0v) is 8.50. The first-order valence-corrected chi connectivity index (χ1v) is 4.56. The molecule has 6 nitrogen and oxygen atoms in total. The first-order valence-electron chi connectivity index (χ1n) is 4.56. The van der Waals surface area contributed by atoms with Gasteiger partial charge in [-0.3, -0.25) is 10.0 Å². The van der Waals surface area contributed by atoms with Crippen LogP contribution in [0.2, 0.25) is 0 Å². The van der Waals surface area contributed by atoms with Gasteiger partial charge in [-0.25, -0.2) is 0 Å². The van der Waals surface area contributed by atoms with Crippen LogP contribution in [0, 0.1) is 0 Å². The lowest BCUT2D eigenvalue weighted by molar-refractivity contribution is -0.122. The number of carbonyl (C=O) groups is 1. The van der Waals surface area contributed by atoms with E-state index in [-0.39, 0.29) is 6.54 Å². The molecule has 1 amide bonds. The van der Waals surface area contributed by atoms with Gasteiger partial charge in [0.05, 0.1) is 18.4 Å². The number of rotatable bonds is 4. The molecule has 0 aromatic heterocycles. The van der Waals surface area contributed by atoms with Gasteiger partial charge in [0.1, 0.15) is 0 Å². The van der Waals surface area contributed by atoms with E-state index in [1.807, 2.05) is 0 Å². The third kappa shape index (κ3) is 3.50. The van der Waals surface area contributed by atoms with Gasteiger partial charge in [-0.15, -0.1) is 0 Å². The lowest BCUT2D eigenvalue weighted by atomic mass is 10.3. The van der Waals surface area contributed by atoms with Crippen LogP contribution in [0.3, 0.4) is 0 Å². The molecule has 1 aromatic carbocycles. The number of hydrogen-bond acceptors (Lipinski definition) is 5. The fraction of sp³-hybridized carbons (Fsp3) is 0.100. The molecule has 86 valence electrons. The first-order chi connectivity index (χ1) is 7.61. The zero-order chi connectivity index (χ0) is 12.0. The van der Waals surface area contributed by atoms with E-state index in [0.29, 0.717) is 10.8 Å². The van der Waals surface area contributed by atoms with E-state index in [1.165, 1.54) is 0 Å². The zero-order valence-electron chi connectivity index (χ0n) is 8.50. The Kier molecular flexibility index (Phi) is 4.16. The summed E-state index contributed by atoms with van der Waals surface area (Å²) >= 11 is 0. The second kappa shape index (κ2) is 5.62. The maximum Gasteiger partial charge on any atom is 0.269 e. The molecule has 0 bridgehead atoms. The van der Waals surface area contributed by atoms with Gasteiger partial charge in [-0.05, 0) is 12.1 Å². The molecule has 0 fully saturated rings. The molecule has 5 N–H and O–H groups in total. The summed E-state index contributed by atoms with van der Waals surface area (Å²) in [6, 6.07) is 8.35. The van der Waals surface area contributed by atoms with Gasteiger partial charge in [0, 0.05) is 0 Å². The number of carbonyl (C=O) groups excluding carboxylic acids is 1. The number of nitrogens with zero attached hydrogens (tertiary/aromatic N) is 1. The van der Waals surface area contributed by atoms with Crippen molar-refractivity contribution in [2.45, 2.75) is 0 Å². The summed E-state index contributed by atoms with van der Waals surface area (Å²) in [5, 5.41) is 21.1. The number of para-hydroxylation sites is 1. The molecule has 0 aliphatic rings. The van der Waals surface area contributed by atoms with Crippen LogP contribution < -0.4 is 16.1 Å². The molecule has 0 aliphatic heterocycles. The van der Waals surface area contributed by atoms with E-state index >= 15 is 0 Å². The van der Waals surface area contributed by atoms with Crippen molar-refractivity contribution >= 4 is 11.6 Å². The van der Waals surface area contributed by atoms with Gasteiger partial charge in [0.25, 0.3) is 5.91 Å². The Morgan fingerprint density at radius 3 is 2.62 bits per heavy atom. The lowest BCUT2D eigenvalue weighted by Gasteiger charge is -2.14. The summed E-state index contributed by atoms with van der Waals surface area (Å²) in [7, 11) is 0. The SMILES string of the molecule is N/C(O)=C\NCC(=O)N(O)c1ccccc1. The minimum absolute atomic E-state index is 0.174. The topological polar surface area (TPSA) is 98.8 Å². The molecule has 1 rings (SSSR count). The van der Waals surface area contributed by atoms with Crippen LogP contribution in [0.5, 0.6) is 0 Å². The maximum absolute atomic E-state index is 11.4. The van der Waals surface area contributed by atoms with Crippen molar-refractivity contribution in [1.82, 2.24) is 5.32 Å². The highest BCUT2D eigenvalue weighted by Crippen LogP contribution is 2.10. The van der Waals surface area contributed by atoms with Crippen molar-refractivity contribution in [3.8, 4) is 0 Å². The average Bonchev–Trinajstić information content (AvgIpc) is 2.28. The number of hydroxylamine groups is 1. The Morgan fingerprint density at radius 1 is 1.44 bits per heavy atom. The second-order valence-electron chi connectivity index (χ2n) is 2.99. The van der Waals surface area contributed by atoms with Gasteiger partial charge in [0.15, 0.2) is 5.88 Å². The van der Waals surface area contributed by atoms with Crippen LogP contribution >= 0.6 is 0 Å². The third-order valence-electron chi connectivity index (χ3n) is 1.74. The molecular formula is C10H13N3O3. The van der Waals surface area contributed by atoms with Crippen molar-refractivity contribution in [3.05, 3.63) is 42.4 Å². The van der Waals surface area contributed by atoms with Gasteiger partial charge in [0.2, 0.25) is 0 Å². The van der Waals surface area contributed by atoms with Crippen molar-refractivity contribution in [3.63, 3.8) is 0 Å². The molecule has 0 saturated heterocycles. The van der Waals surface area contributed by atoms with E-state index < -0.39 is 11.8 Å². The Hall–Kier alpha value is -2.21. The number of anilines is 1. The van der Waals surface area contributed by atoms with Crippen LogP contribution in [0.25, 0.3) is 0 Å². The minimum atomic E-state index is -0.566. The number of nitrogens with one attached hydrogen (secondary N) is 1. The van der Waals surface area contributed by atoms with Gasteiger partial charge in [-0.1, -0.05) is 18.2 Å². The number of benzene rings is 1. The van der Waals surface area contributed by atoms with Crippen LogP contribution in [-0.4, -0.2) is 22.8 Å².